The first-order chi connectivity index (χ1) is 11.7. The van der Waals surface area contributed by atoms with E-state index in [1.54, 1.807) is 29.2 Å². The maximum absolute atomic E-state index is 12.9. The molecule has 0 unspecified atom stereocenters. The summed E-state index contributed by atoms with van der Waals surface area (Å²) in [4.78, 5) is 33.1. The fourth-order valence-electron chi connectivity index (χ4n) is 3.50. The molecule has 1 aromatic heterocycles. The third-order valence-corrected chi connectivity index (χ3v) is 4.82. The molecule has 6 nitrogen and oxygen atoms in total. The smallest absolute Gasteiger partial charge is 0.252 e. The SMILES string of the molecule is CN(Cc1ccncc1)C(=O)[C@@H]1CCCCN1C(=O)[C@H]1CCCO1. The number of amides is 2. The predicted octanol–water partition coefficient (Wildman–Crippen LogP) is 1.60. The topological polar surface area (TPSA) is 62.7 Å². The zero-order valence-corrected chi connectivity index (χ0v) is 14.2. The first-order valence-electron chi connectivity index (χ1n) is 8.73. The standard InChI is InChI=1S/C18H25N3O3/c1-20(13-14-7-9-19-10-8-14)17(22)15-5-2-3-11-21(15)18(23)16-6-4-12-24-16/h7-10,15-16H,2-6,11-13H2,1H3/t15-,16+/m0/s1. The lowest BCUT2D eigenvalue weighted by Gasteiger charge is -2.37. The molecule has 130 valence electrons. The summed E-state index contributed by atoms with van der Waals surface area (Å²) in [7, 11) is 1.80. The van der Waals surface area contributed by atoms with E-state index in [9.17, 15) is 9.59 Å². The number of carbonyl (C=O) groups is 2. The first-order valence-corrected chi connectivity index (χ1v) is 8.73. The van der Waals surface area contributed by atoms with Crippen LogP contribution in [0, 0.1) is 0 Å². The molecule has 6 heteroatoms. The molecule has 24 heavy (non-hydrogen) atoms. The number of pyridine rings is 1. The van der Waals surface area contributed by atoms with E-state index in [1.165, 1.54) is 0 Å². The van der Waals surface area contributed by atoms with Gasteiger partial charge in [-0.15, -0.1) is 0 Å². The molecule has 0 N–H and O–H groups in total. The van der Waals surface area contributed by atoms with Crippen LogP contribution in [0.25, 0.3) is 0 Å². The number of piperidine rings is 1. The van der Waals surface area contributed by atoms with E-state index in [0.29, 0.717) is 19.7 Å². The molecule has 0 saturated carbocycles. The third kappa shape index (κ3) is 3.75. The molecule has 2 saturated heterocycles. The van der Waals surface area contributed by atoms with Crippen molar-refractivity contribution in [3.63, 3.8) is 0 Å². The van der Waals surface area contributed by atoms with Crippen LogP contribution in [0.3, 0.4) is 0 Å². The van der Waals surface area contributed by atoms with Crippen LogP contribution in [0.2, 0.25) is 0 Å². The summed E-state index contributed by atoms with van der Waals surface area (Å²) in [5.74, 6) is 0.000667. The predicted molar refractivity (Wildman–Crippen MR) is 89.0 cm³/mol. The summed E-state index contributed by atoms with van der Waals surface area (Å²) in [6.45, 7) is 1.82. The monoisotopic (exact) mass is 331 g/mol. The highest BCUT2D eigenvalue weighted by molar-refractivity contribution is 5.89. The second-order valence-corrected chi connectivity index (χ2v) is 6.59. The van der Waals surface area contributed by atoms with Crippen LogP contribution in [0.1, 0.15) is 37.7 Å². The van der Waals surface area contributed by atoms with Gasteiger partial charge in [-0.2, -0.15) is 0 Å². The van der Waals surface area contributed by atoms with Gasteiger partial charge in [0.15, 0.2) is 0 Å². The van der Waals surface area contributed by atoms with Crippen LogP contribution in [0.5, 0.6) is 0 Å². The van der Waals surface area contributed by atoms with Crippen LogP contribution in [0.4, 0.5) is 0 Å². The Morgan fingerprint density at radius 1 is 1.25 bits per heavy atom. The Balaban J connectivity index is 1.67. The number of aromatic nitrogens is 1. The molecule has 2 fully saturated rings. The number of rotatable bonds is 4. The zero-order chi connectivity index (χ0) is 16.9. The molecule has 2 amide bonds. The van der Waals surface area contributed by atoms with Crippen molar-refractivity contribution in [2.24, 2.45) is 0 Å². The van der Waals surface area contributed by atoms with Crippen LogP contribution in [-0.2, 0) is 20.9 Å². The largest absolute Gasteiger partial charge is 0.368 e. The number of hydrogen-bond donors (Lipinski definition) is 0. The summed E-state index contributed by atoms with van der Waals surface area (Å²) in [6.07, 6.45) is 7.45. The minimum Gasteiger partial charge on any atom is -0.368 e. The summed E-state index contributed by atoms with van der Waals surface area (Å²) < 4.78 is 5.53. The van der Waals surface area contributed by atoms with Gasteiger partial charge in [0.25, 0.3) is 5.91 Å². The van der Waals surface area contributed by atoms with E-state index in [-0.39, 0.29) is 24.0 Å². The van der Waals surface area contributed by atoms with Crippen molar-refractivity contribution >= 4 is 11.8 Å². The molecule has 2 aliphatic rings. The van der Waals surface area contributed by atoms with Crippen molar-refractivity contribution in [1.29, 1.82) is 0 Å². The van der Waals surface area contributed by atoms with E-state index >= 15 is 0 Å². The molecular weight excluding hydrogens is 306 g/mol. The van der Waals surface area contributed by atoms with E-state index < -0.39 is 0 Å². The van der Waals surface area contributed by atoms with Gasteiger partial charge in [0.05, 0.1) is 0 Å². The average Bonchev–Trinajstić information content (AvgIpc) is 3.16. The van der Waals surface area contributed by atoms with Gasteiger partial charge in [-0.1, -0.05) is 0 Å². The maximum atomic E-state index is 12.9. The lowest BCUT2D eigenvalue weighted by molar-refractivity contribution is -0.153. The van der Waals surface area contributed by atoms with E-state index in [0.717, 1.165) is 37.7 Å². The van der Waals surface area contributed by atoms with Crippen molar-refractivity contribution in [1.82, 2.24) is 14.8 Å². The van der Waals surface area contributed by atoms with Crippen molar-refractivity contribution in [3.8, 4) is 0 Å². The van der Waals surface area contributed by atoms with Gasteiger partial charge in [0.2, 0.25) is 5.91 Å². The van der Waals surface area contributed by atoms with Crippen LogP contribution in [0.15, 0.2) is 24.5 Å². The number of hydrogen-bond acceptors (Lipinski definition) is 4. The highest BCUT2D eigenvalue weighted by Crippen LogP contribution is 2.23. The lowest BCUT2D eigenvalue weighted by atomic mass is 9.99. The van der Waals surface area contributed by atoms with Crippen molar-refractivity contribution in [2.75, 3.05) is 20.2 Å². The summed E-state index contributed by atoms with van der Waals surface area (Å²) in [5.41, 5.74) is 1.04. The molecule has 3 heterocycles. The molecular formula is C18H25N3O3. The summed E-state index contributed by atoms with van der Waals surface area (Å²) >= 11 is 0. The average molecular weight is 331 g/mol. The number of carbonyl (C=O) groups excluding carboxylic acids is 2. The maximum Gasteiger partial charge on any atom is 0.252 e. The molecule has 1 aromatic rings. The fourth-order valence-corrected chi connectivity index (χ4v) is 3.50. The van der Waals surface area contributed by atoms with Crippen LogP contribution in [-0.4, -0.2) is 58.9 Å². The van der Waals surface area contributed by atoms with E-state index in [2.05, 4.69) is 4.98 Å². The number of nitrogens with zero attached hydrogens (tertiary/aromatic N) is 3. The Bertz CT molecular complexity index is 572. The highest BCUT2D eigenvalue weighted by atomic mass is 16.5. The molecule has 3 rings (SSSR count). The zero-order valence-electron chi connectivity index (χ0n) is 14.2. The minimum absolute atomic E-state index is 0.0112. The van der Waals surface area contributed by atoms with Crippen LogP contribution < -0.4 is 0 Å². The van der Waals surface area contributed by atoms with Gasteiger partial charge in [-0.3, -0.25) is 14.6 Å². The minimum atomic E-state index is -0.359. The second kappa shape index (κ2) is 7.75. The second-order valence-electron chi connectivity index (χ2n) is 6.59. The molecule has 2 atom stereocenters. The van der Waals surface area contributed by atoms with Gasteiger partial charge in [-0.05, 0) is 49.8 Å². The first kappa shape index (κ1) is 16.9. The Morgan fingerprint density at radius 3 is 2.75 bits per heavy atom. The lowest BCUT2D eigenvalue weighted by Crippen LogP contribution is -2.54. The Labute approximate surface area is 142 Å². The Kier molecular flexibility index (Phi) is 5.45. The van der Waals surface area contributed by atoms with Gasteiger partial charge in [0, 0.05) is 39.1 Å². The van der Waals surface area contributed by atoms with Crippen molar-refractivity contribution in [3.05, 3.63) is 30.1 Å². The molecule has 0 aliphatic carbocycles. The van der Waals surface area contributed by atoms with Gasteiger partial charge < -0.3 is 14.5 Å². The quantitative estimate of drug-likeness (QED) is 0.841. The molecule has 0 spiro atoms. The number of ether oxygens (including phenoxy) is 1. The molecule has 0 radical (unpaired) electrons. The Hall–Kier alpha value is -1.95. The Morgan fingerprint density at radius 2 is 2.04 bits per heavy atom. The normalized spacial score (nSPS) is 24.0. The molecule has 0 bridgehead atoms. The molecule has 0 aromatic carbocycles. The van der Waals surface area contributed by atoms with Gasteiger partial charge in [0.1, 0.15) is 12.1 Å². The highest BCUT2D eigenvalue weighted by Gasteiger charge is 2.37. The van der Waals surface area contributed by atoms with Crippen molar-refractivity contribution in [2.45, 2.75) is 50.8 Å². The van der Waals surface area contributed by atoms with Crippen molar-refractivity contribution < 1.29 is 14.3 Å². The van der Waals surface area contributed by atoms with E-state index in [4.69, 9.17) is 4.74 Å². The third-order valence-electron chi connectivity index (χ3n) is 4.82. The van der Waals surface area contributed by atoms with Crippen LogP contribution >= 0.6 is 0 Å². The summed E-state index contributed by atoms with van der Waals surface area (Å²) in [5, 5.41) is 0. The van der Waals surface area contributed by atoms with E-state index in [1.807, 2.05) is 12.1 Å². The van der Waals surface area contributed by atoms with Gasteiger partial charge >= 0.3 is 0 Å². The number of likely N-dealkylation sites (tertiary alicyclic amines) is 1. The molecule has 2 aliphatic heterocycles. The fraction of sp³-hybridized carbons (Fsp3) is 0.611. The number of likely N-dealkylation sites (N-methyl/N-ethyl adjacent to an activating group) is 1. The van der Waals surface area contributed by atoms with Gasteiger partial charge in [-0.25, -0.2) is 0 Å². The summed E-state index contributed by atoms with van der Waals surface area (Å²) in [6, 6.07) is 3.45.